The Morgan fingerprint density at radius 3 is 2.68 bits per heavy atom. The average molecular weight is 269 g/mol. The summed E-state index contributed by atoms with van der Waals surface area (Å²) in [6.07, 6.45) is 3.90. The molecular weight excluding hydrogens is 246 g/mol. The minimum absolute atomic E-state index is 0.0544. The number of carbonyl (C=O) groups excluding carboxylic acids is 1. The van der Waals surface area contributed by atoms with Crippen molar-refractivity contribution in [2.75, 3.05) is 40.0 Å². The van der Waals surface area contributed by atoms with E-state index in [0.29, 0.717) is 6.04 Å². The number of likely N-dealkylation sites (tertiary alicyclic amines) is 1. The quantitative estimate of drug-likeness (QED) is 0.695. The molecule has 0 N–H and O–H groups in total. The summed E-state index contributed by atoms with van der Waals surface area (Å²) in [7, 11) is 1.48. The van der Waals surface area contributed by atoms with Crippen LogP contribution in [-0.2, 0) is 19.0 Å². The molecule has 0 aromatic carbocycles. The largest absolute Gasteiger partial charge is 0.469 e. The van der Waals surface area contributed by atoms with Crippen LogP contribution < -0.4 is 0 Å². The first-order valence-corrected chi connectivity index (χ1v) is 7.29. The minimum atomic E-state index is -0.0713. The van der Waals surface area contributed by atoms with Gasteiger partial charge in [-0.15, -0.1) is 0 Å². The SMILES string of the molecule is COC(=O)C1CCN(C2CCOC23CCOC3)CC1. The van der Waals surface area contributed by atoms with E-state index in [1.807, 2.05) is 0 Å². The van der Waals surface area contributed by atoms with Crippen molar-refractivity contribution in [3.8, 4) is 0 Å². The number of hydrogen-bond donors (Lipinski definition) is 0. The van der Waals surface area contributed by atoms with Crippen LogP contribution in [-0.4, -0.2) is 62.5 Å². The number of methoxy groups -OCH3 is 1. The van der Waals surface area contributed by atoms with Crippen LogP contribution in [0.1, 0.15) is 25.7 Å². The summed E-state index contributed by atoms with van der Waals surface area (Å²) in [6, 6.07) is 0.466. The summed E-state index contributed by atoms with van der Waals surface area (Å²) in [5, 5.41) is 0. The fraction of sp³-hybridized carbons (Fsp3) is 0.929. The lowest BCUT2D eigenvalue weighted by atomic mass is 9.88. The molecule has 2 atom stereocenters. The van der Waals surface area contributed by atoms with Crippen molar-refractivity contribution < 1.29 is 19.0 Å². The Balaban J connectivity index is 1.60. The molecule has 3 saturated heterocycles. The average Bonchev–Trinajstić information content (AvgIpc) is 3.09. The predicted octanol–water partition coefficient (Wildman–Crippen LogP) is 0.819. The second kappa shape index (κ2) is 5.38. The van der Waals surface area contributed by atoms with Crippen LogP contribution in [0.3, 0.4) is 0 Å². The van der Waals surface area contributed by atoms with E-state index in [1.165, 1.54) is 7.11 Å². The van der Waals surface area contributed by atoms with Crippen LogP contribution in [0.2, 0.25) is 0 Å². The third-order valence-electron chi connectivity index (χ3n) is 4.91. The Labute approximate surface area is 114 Å². The third-order valence-corrected chi connectivity index (χ3v) is 4.91. The maximum atomic E-state index is 11.6. The summed E-state index contributed by atoms with van der Waals surface area (Å²) in [4.78, 5) is 14.1. The normalized spacial score (nSPS) is 37.0. The number of hydrogen-bond acceptors (Lipinski definition) is 5. The van der Waals surface area contributed by atoms with Crippen molar-refractivity contribution in [1.29, 1.82) is 0 Å². The van der Waals surface area contributed by atoms with Gasteiger partial charge in [-0.25, -0.2) is 0 Å². The van der Waals surface area contributed by atoms with E-state index >= 15 is 0 Å². The first-order valence-electron chi connectivity index (χ1n) is 7.29. The Morgan fingerprint density at radius 1 is 1.26 bits per heavy atom. The lowest BCUT2D eigenvalue weighted by Gasteiger charge is -2.40. The molecule has 2 unspecified atom stereocenters. The van der Waals surface area contributed by atoms with E-state index < -0.39 is 0 Å². The van der Waals surface area contributed by atoms with Gasteiger partial charge in [-0.3, -0.25) is 9.69 Å². The minimum Gasteiger partial charge on any atom is -0.469 e. The molecule has 0 aliphatic carbocycles. The van der Waals surface area contributed by atoms with E-state index in [2.05, 4.69) is 4.90 Å². The van der Waals surface area contributed by atoms with Crippen LogP contribution in [0.4, 0.5) is 0 Å². The van der Waals surface area contributed by atoms with Crippen molar-refractivity contribution in [1.82, 2.24) is 4.90 Å². The highest BCUT2D eigenvalue weighted by Crippen LogP contribution is 2.38. The number of piperidine rings is 1. The van der Waals surface area contributed by atoms with Crippen molar-refractivity contribution in [2.24, 2.45) is 5.92 Å². The molecule has 0 aromatic heterocycles. The molecule has 0 bridgehead atoms. The van der Waals surface area contributed by atoms with Crippen molar-refractivity contribution in [3.63, 3.8) is 0 Å². The topological polar surface area (TPSA) is 48.0 Å². The van der Waals surface area contributed by atoms with E-state index in [9.17, 15) is 4.79 Å². The Bertz CT molecular complexity index is 327. The molecule has 5 heteroatoms. The summed E-state index contributed by atoms with van der Waals surface area (Å²) >= 11 is 0. The maximum absolute atomic E-state index is 11.6. The fourth-order valence-corrected chi connectivity index (χ4v) is 3.80. The molecule has 0 radical (unpaired) electrons. The van der Waals surface area contributed by atoms with Crippen LogP contribution in [0.15, 0.2) is 0 Å². The monoisotopic (exact) mass is 269 g/mol. The first kappa shape index (κ1) is 13.3. The maximum Gasteiger partial charge on any atom is 0.308 e. The van der Waals surface area contributed by atoms with Gasteiger partial charge in [0, 0.05) is 25.7 Å². The zero-order chi connectivity index (χ0) is 13.3. The van der Waals surface area contributed by atoms with Gasteiger partial charge >= 0.3 is 5.97 Å². The molecule has 3 rings (SSSR count). The molecule has 1 spiro atoms. The molecule has 108 valence electrons. The molecule has 0 aromatic rings. The lowest BCUT2D eigenvalue weighted by Crippen LogP contribution is -2.53. The molecule has 19 heavy (non-hydrogen) atoms. The Morgan fingerprint density at radius 2 is 2.05 bits per heavy atom. The number of nitrogens with zero attached hydrogens (tertiary/aromatic N) is 1. The molecular formula is C14H23NO4. The first-order chi connectivity index (χ1) is 9.25. The summed E-state index contributed by atoms with van der Waals surface area (Å²) in [6.45, 7) is 4.32. The Kier molecular flexibility index (Phi) is 3.78. The summed E-state index contributed by atoms with van der Waals surface area (Å²) in [5.74, 6) is 0.0283. The van der Waals surface area contributed by atoms with Gasteiger partial charge in [-0.05, 0) is 32.4 Å². The van der Waals surface area contributed by atoms with Crippen molar-refractivity contribution in [3.05, 3.63) is 0 Å². The molecule has 0 saturated carbocycles. The van der Waals surface area contributed by atoms with E-state index in [0.717, 1.165) is 58.6 Å². The third kappa shape index (κ3) is 2.39. The highest BCUT2D eigenvalue weighted by molar-refractivity contribution is 5.72. The summed E-state index contributed by atoms with van der Waals surface area (Å²) < 4.78 is 16.4. The van der Waals surface area contributed by atoms with E-state index in [-0.39, 0.29) is 17.5 Å². The van der Waals surface area contributed by atoms with E-state index in [1.54, 1.807) is 0 Å². The molecule has 5 nitrogen and oxygen atoms in total. The standard InChI is InChI=1S/C14H23NO4/c1-17-13(16)11-2-6-15(7-3-11)12-4-8-19-14(12)5-9-18-10-14/h11-12H,2-10H2,1H3. The second-order valence-corrected chi connectivity index (χ2v) is 5.85. The number of esters is 1. The smallest absolute Gasteiger partial charge is 0.308 e. The number of carbonyl (C=O) groups is 1. The zero-order valence-corrected chi connectivity index (χ0v) is 11.6. The molecule has 3 fully saturated rings. The molecule has 3 heterocycles. The Hall–Kier alpha value is -0.650. The fourth-order valence-electron chi connectivity index (χ4n) is 3.80. The zero-order valence-electron chi connectivity index (χ0n) is 11.6. The van der Waals surface area contributed by atoms with E-state index in [4.69, 9.17) is 14.2 Å². The highest BCUT2D eigenvalue weighted by Gasteiger charge is 2.50. The van der Waals surface area contributed by atoms with Crippen LogP contribution in [0.5, 0.6) is 0 Å². The van der Waals surface area contributed by atoms with Gasteiger partial charge in [0.25, 0.3) is 0 Å². The highest BCUT2D eigenvalue weighted by atomic mass is 16.6. The lowest BCUT2D eigenvalue weighted by molar-refractivity contribution is -0.147. The molecule has 3 aliphatic heterocycles. The van der Waals surface area contributed by atoms with Gasteiger partial charge in [0.15, 0.2) is 0 Å². The van der Waals surface area contributed by atoms with Crippen molar-refractivity contribution in [2.45, 2.75) is 37.3 Å². The van der Waals surface area contributed by atoms with Crippen LogP contribution >= 0.6 is 0 Å². The molecule has 3 aliphatic rings. The van der Waals surface area contributed by atoms with Gasteiger partial charge < -0.3 is 14.2 Å². The van der Waals surface area contributed by atoms with Gasteiger partial charge in [-0.1, -0.05) is 0 Å². The molecule has 0 amide bonds. The van der Waals surface area contributed by atoms with Gasteiger partial charge in [0.2, 0.25) is 0 Å². The van der Waals surface area contributed by atoms with Gasteiger partial charge in [0.1, 0.15) is 5.60 Å². The summed E-state index contributed by atoms with van der Waals surface area (Å²) in [5.41, 5.74) is -0.0713. The van der Waals surface area contributed by atoms with Crippen molar-refractivity contribution >= 4 is 5.97 Å². The van der Waals surface area contributed by atoms with Crippen LogP contribution in [0.25, 0.3) is 0 Å². The second-order valence-electron chi connectivity index (χ2n) is 5.85. The van der Waals surface area contributed by atoms with Gasteiger partial charge in [0.05, 0.1) is 19.6 Å². The van der Waals surface area contributed by atoms with Crippen LogP contribution in [0, 0.1) is 5.92 Å². The number of rotatable bonds is 2. The van der Waals surface area contributed by atoms with Gasteiger partial charge in [-0.2, -0.15) is 0 Å². The predicted molar refractivity (Wildman–Crippen MR) is 68.8 cm³/mol. The number of ether oxygens (including phenoxy) is 3.